The third kappa shape index (κ3) is 18.9. The molecule has 0 fully saturated rings. The molecule has 0 amide bonds. The minimum absolute atomic E-state index is 0. The first-order valence-corrected chi connectivity index (χ1v) is 33.3. The Morgan fingerprint density at radius 2 is 0.717 bits per heavy atom. The summed E-state index contributed by atoms with van der Waals surface area (Å²) in [6, 6.07) is 74.0. The number of carbonyl (C=O) groups is 6. The van der Waals surface area contributed by atoms with Gasteiger partial charge in [0, 0.05) is 76.4 Å². The molecule has 6 aromatic heterocycles. The van der Waals surface area contributed by atoms with Crippen molar-refractivity contribution in [2.45, 2.75) is 51.7 Å². The number of halogens is 1. The summed E-state index contributed by atoms with van der Waals surface area (Å²) in [6.45, 7) is 1.37. The number of carbonyl (C=O) groups excluding carboxylic acids is 5. The van der Waals surface area contributed by atoms with E-state index in [2.05, 4.69) is 30.2 Å². The van der Waals surface area contributed by atoms with Crippen molar-refractivity contribution in [3.8, 4) is 0 Å². The summed E-state index contributed by atoms with van der Waals surface area (Å²) in [4.78, 5) is 94.4. The van der Waals surface area contributed by atoms with Crippen molar-refractivity contribution in [3.05, 3.63) is 327 Å². The maximum Gasteiger partial charge on any atom is 1.00 e. The van der Waals surface area contributed by atoms with E-state index in [4.69, 9.17) is 26.2 Å². The molecule has 15 rings (SSSR count). The molecule has 2 N–H and O–H groups in total. The number of aromatic nitrogens is 9. The molecule has 9 aromatic carbocycles. The van der Waals surface area contributed by atoms with E-state index >= 15 is 0 Å². The van der Waals surface area contributed by atoms with Crippen LogP contribution >= 0.6 is 11.6 Å². The predicted molar refractivity (Wildman–Crippen MR) is 399 cm³/mol. The Hall–Kier alpha value is -12.7. The van der Waals surface area contributed by atoms with Crippen LogP contribution in [0.4, 0.5) is 5.69 Å². The Bertz CT molecular complexity index is 5710. The van der Waals surface area contributed by atoms with Crippen LogP contribution in [0.1, 0.15) is 76.0 Å². The second kappa shape index (κ2) is 35.5. The fourth-order valence-electron chi connectivity index (χ4n) is 11.9. The maximum atomic E-state index is 12.8. The van der Waals surface area contributed by atoms with Crippen LogP contribution in [0, 0.1) is 10.1 Å². The smallest absolute Gasteiger partial charge is 0.870 e. The van der Waals surface area contributed by atoms with E-state index in [9.17, 15) is 38.9 Å². The average Bonchev–Trinajstić information content (AvgIpc) is 1.63. The van der Waals surface area contributed by atoms with Gasteiger partial charge in [0.15, 0.2) is 28.5 Å². The van der Waals surface area contributed by atoms with E-state index in [-0.39, 0.29) is 72.8 Å². The van der Waals surface area contributed by atoms with E-state index in [1.165, 1.54) is 26.4 Å². The van der Waals surface area contributed by atoms with Crippen LogP contribution in [0.25, 0.3) is 65.4 Å². The van der Waals surface area contributed by atoms with E-state index in [0.29, 0.717) is 72.0 Å². The van der Waals surface area contributed by atoms with Gasteiger partial charge in [-0.3, -0.25) is 38.9 Å². The number of nitro benzene ring substituents is 1. The summed E-state index contributed by atoms with van der Waals surface area (Å²) in [5.41, 5.74) is 10.5. The molecule has 0 bridgehead atoms. The van der Waals surface area contributed by atoms with E-state index < -0.39 is 16.1 Å². The number of non-ortho nitro benzene ring substituents is 1. The van der Waals surface area contributed by atoms with Crippen molar-refractivity contribution in [1.82, 2.24) is 44.3 Å². The molecule has 15 aromatic rings. The Labute approximate surface area is 623 Å². The standard InChI is InChI=1S/C28H23N3O3.C27H21N3O3.C16H14N4O4.C11H7ClO.Li.H2O/c1-34-27(33)17-25-24-7-4-14-29-28(24)31(30-25)18-20-10-8-19(9-11-20)15-26(32)23-13-12-21-5-2-3-6-22(21)16-23;31-25(22-12-11-20-4-1-2-5-21(20)15-22)14-18-7-9-19(10-8-18)17-30-27-23(6-3-13-28-27)24(29-30)16-26(32)33;1-24-15(21)9-14-13-3-2-8-17-16(13)19(18-14)10-11-4-6-12(7-5-11)20(22)23;12-11(13)10-6-5-8-3-1-2-4-9(8)7-10;;/h2-14,16H,15,17-18H2,1H3;1-13,15H,14,16-17H2,(H,32,33);2-8H,9-10H2,1H3;1-7H;;1H2/q;;;;+1;/p-1. The molecular formula is C82H66ClLiN10O12. The van der Waals surface area contributed by atoms with Gasteiger partial charge in [0.25, 0.3) is 10.9 Å². The normalized spacial score (nSPS) is 10.7. The van der Waals surface area contributed by atoms with Crippen LogP contribution < -0.4 is 18.9 Å². The molecule has 0 atom stereocenters. The Balaban J connectivity index is 0.000000157. The monoisotopic (exact) mass is 1420 g/mol. The summed E-state index contributed by atoms with van der Waals surface area (Å²) < 4.78 is 14.7. The van der Waals surface area contributed by atoms with Gasteiger partial charge in [-0.25, -0.2) is 29.0 Å². The maximum absolute atomic E-state index is 12.8. The number of fused-ring (bicyclic) bond motifs is 6. The molecule has 0 saturated heterocycles. The minimum atomic E-state index is -0.925. The van der Waals surface area contributed by atoms with Gasteiger partial charge in [0.05, 0.1) is 75.1 Å². The zero-order chi connectivity index (χ0) is 72.6. The number of ether oxygens (including phenoxy) is 2. The zero-order valence-electron chi connectivity index (χ0n) is 57.7. The number of Topliss-reactive ketones (excluding diaryl/α,β-unsaturated/α-hetero) is 2. The van der Waals surface area contributed by atoms with Gasteiger partial charge < -0.3 is 20.1 Å². The van der Waals surface area contributed by atoms with Gasteiger partial charge in [0.1, 0.15) is 0 Å². The van der Waals surface area contributed by atoms with Crippen LogP contribution in [0.5, 0.6) is 0 Å². The number of carboxylic acids is 1. The molecule has 0 radical (unpaired) electrons. The number of nitro groups is 1. The number of methoxy groups -OCH3 is 2. The van der Waals surface area contributed by atoms with Crippen molar-refractivity contribution >= 4 is 117 Å². The van der Waals surface area contributed by atoms with Crippen molar-refractivity contribution in [2.24, 2.45) is 0 Å². The molecule has 0 aliphatic heterocycles. The molecule has 524 valence electrons. The zero-order valence-corrected chi connectivity index (χ0v) is 58.5. The number of benzene rings is 9. The molecule has 0 spiro atoms. The molecule has 0 saturated carbocycles. The number of carboxylic acid groups (broad SMARTS) is 1. The van der Waals surface area contributed by atoms with Crippen LogP contribution in [0.2, 0.25) is 0 Å². The Kier molecular flexibility index (Phi) is 25.4. The fraction of sp³-hybridized carbons (Fsp3) is 0.122. The first-order valence-electron chi connectivity index (χ1n) is 32.9. The van der Waals surface area contributed by atoms with Gasteiger partial charge >= 0.3 is 36.8 Å². The van der Waals surface area contributed by atoms with Crippen LogP contribution in [-0.4, -0.2) is 109 Å². The summed E-state index contributed by atoms with van der Waals surface area (Å²) in [5.74, 6) is -1.47. The second-order valence-electron chi connectivity index (χ2n) is 24.2. The summed E-state index contributed by atoms with van der Waals surface area (Å²) >= 11 is 5.36. The number of pyridine rings is 3. The third-order valence-electron chi connectivity index (χ3n) is 17.2. The topological polar surface area (TPSA) is 306 Å². The number of rotatable bonds is 20. The van der Waals surface area contributed by atoms with Gasteiger partial charge in [-0.05, 0) is 132 Å². The molecule has 6 heterocycles. The van der Waals surface area contributed by atoms with Crippen LogP contribution in [0.3, 0.4) is 0 Å². The molecule has 106 heavy (non-hydrogen) atoms. The largest absolute Gasteiger partial charge is 1.00 e. The van der Waals surface area contributed by atoms with Gasteiger partial charge in [-0.1, -0.05) is 164 Å². The SMILES string of the molecule is COC(=O)Cc1nn(Cc2ccc(CC(=O)c3ccc4ccccc4c3)cc2)c2ncccc12.COC(=O)Cc1nn(Cc2ccc([N+](=O)[O-])cc2)c2ncccc12.O=C(Cl)c1ccc2ccccc2c1.O=C(O)Cc1nn(Cc2ccc(CC(=O)c3ccc4ccccc4c3)cc2)c2ncccc12.[Li+].[OH-]. The number of nitrogens with zero attached hydrogens (tertiary/aromatic N) is 10. The summed E-state index contributed by atoms with van der Waals surface area (Å²) in [6.07, 6.45) is 5.72. The van der Waals surface area contributed by atoms with Crippen molar-refractivity contribution in [2.75, 3.05) is 14.2 Å². The van der Waals surface area contributed by atoms with Crippen LogP contribution in [0.15, 0.2) is 255 Å². The van der Waals surface area contributed by atoms with Crippen molar-refractivity contribution in [1.29, 1.82) is 0 Å². The summed E-state index contributed by atoms with van der Waals surface area (Å²) in [5, 5.41) is 41.9. The van der Waals surface area contributed by atoms with Gasteiger partial charge in [-0.2, -0.15) is 15.3 Å². The van der Waals surface area contributed by atoms with E-state index in [1.54, 1.807) is 69.0 Å². The first kappa shape index (κ1) is 75.9. The van der Waals surface area contributed by atoms with Crippen molar-refractivity contribution < 1.29 is 72.6 Å². The number of hydrogen-bond acceptors (Lipinski definition) is 17. The number of ketones is 2. The third-order valence-corrected chi connectivity index (χ3v) is 17.4. The molecule has 22 nitrogen and oxygen atoms in total. The van der Waals surface area contributed by atoms with Gasteiger partial charge in [0.2, 0.25) is 0 Å². The summed E-state index contributed by atoms with van der Waals surface area (Å²) in [7, 11) is 2.70. The second-order valence-corrected chi connectivity index (χ2v) is 24.6. The average molecular weight is 1430 g/mol. The first-order chi connectivity index (χ1) is 50.5. The fourth-order valence-corrected chi connectivity index (χ4v) is 12.0. The molecule has 0 aliphatic rings. The van der Waals surface area contributed by atoms with Gasteiger partial charge in [-0.15, -0.1) is 0 Å². The quantitative estimate of drug-likeness (QED) is 0.0185. The number of hydrogen-bond donors (Lipinski definition) is 1. The molecule has 0 unspecified atom stereocenters. The van der Waals surface area contributed by atoms with E-state index in [1.807, 2.05) is 188 Å². The molecule has 0 aliphatic carbocycles. The van der Waals surface area contributed by atoms with Crippen LogP contribution in [-0.2, 0) is 75.6 Å². The molecular weight excluding hydrogens is 1360 g/mol. The van der Waals surface area contributed by atoms with Crippen molar-refractivity contribution in [3.63, 3.8) is 0 Å². The Morgan fingerprint density at radius 1 is 0.406 bits per heavy atom. The number of esters is 2. The molecule has 24 heteroatoms. The van der Waals surface area contributed by atoms with E-state index in [0.717, 1.165) is 87.5 Å². The Morgan fingerprint density at radius 3 is 1.05 bits per heavy atom. The number of aliphatic carboxylic acids is 1. The predicted octanol–water partition coefficient (Wildman–Crippen LogP) is 11.6. The minimum Gasteiger partial charge on any atom is -0.870 e.